The van der Waals surface area contributed by atoms with Crippen LogP contribution in [0, 0.1) is 0 Å². The van der Waals surface area contributed by atoms with Crippen LogP contribution in [0.25, 0.3) is 0 Å². The molecule has 0 rings (SSSR count). The molecule has 0 aliphatic heterocycles. The van der Waals surface area contributed by atoms with E-state index in [-0.39, 0.29) is 10.4 Å². The molecule has 0 bridgehead atoms. The molecule has 1 N–H and O–H groups in total. The van der Waals surface area contributed by atoms with Gasteiger partial charge < -0.3 is 5.11 Å². The van der Waals surface area contributed by atoms with Gasteiger partial charge in [0.15, 0.2) is 0 Å². The molecule has 0 fully saturated rings. The number of hydrogen-bond acceptors (Lipinski definition) is 1. The van der Waals surface area contributed by atoms with Crippen LogP contribution >= 0.6 is 31.9 Å². The first kappa shape index (κ1) is 11.9. The van der Waals surface area contributed by atoms with Gasteiger partial charge >= 0.3 is 0 Å². The average molecular weight is 288 g/mol. The third-order valence-electron chi connectivity index (χ3n) is 1.79. The Labute approximate surface area is 85.8 Å². The molecule has 11 heavy (non-hydrogen) atoms. The molecule has 0 amide bonds. The molecule has 0 saturated carbocycles. The largest absolute Gasteiger partial charge is 0.392 e. The minimum Gasteiger partial charge on any atom is -0.392 e. The number of hydrogen-bond donors (Lipinski definition) is 1. The summed E-state index contributed by atoms with van der Waals surface area (Å²) in [6.07, 6.45) is 2.86. The molecule has 0 aliphatic rings. The Kier molecular flexibility index (Phi) is 6.01. The molecule has 0 radical (unpaired) electrons. The number of rotatable bonds is 5. The summed E-state index contributed by atoms with van der Waals surface area (Å²) in [6.45, 7) is 4.13. The van der Waals surface area contributed by atoms with E-state index in [0.717, 1.165) is 24.6 Å². The summed E-state index contributed by atoms with van der Waals surface area (Å²) >= 11 is 6.84. The monoisotopic (exact) mass is 286 g/mol. The smallest absolute Gasteiger partial charge is 0.0698 e. The van der Waals surface area contributed by atoms with Crippen LogP contribution in [0.4, 0.5) is 0 Å². The van der Waals surface area contributed by atoms with Crippen LogP contribution in [0.5, 0.6) is 0 Å². The van der Waals surface area contributed by atoms with Gasteiger partial charge in [0.05, 0.1) is 10.4 Å². The Morgan fingerprint density at radius 3 is 2.45 bits per heavy atom. The van der Waals surface area contributed by atoms with Gasteiger partial charge in [-0.2, -0.15) is 0 Å². The number of unbranched alkanes of at least 4 members (excludes halogenated alkanes) is 1. The summed E-state index contributed by atoms with van der Waals surface area (Å²) in [5.41, 5.74) is 0. The van der Waals surface area contributed by atoms with Crippen molar-refractivity contribution >= 4 is 31.9 Å². The second kappa shape index (κ2) is 5.55. The van der Waals surface area contributed by atoms with E-state index >= 15 is 0 Å². The van der Waals surface area contributed by atoms with Gasteiger partial charge in [-0.3, -0.25) is 0 Å². The summed E-state index contributed by atoms with van der Waals surface area (Å²) in [4.78, 5) is 0. The fraction of sp³-hybridized carbons (Fsp3) is 1.00. The van der Waals surface area contributed by atoms with Crippen molar-refractivity contribution in [2.45, 2.75) is 43.5 Å². The van der Waals surface area contributed by atoms with E-state index < -0.39 is 0 Å². The highest BCUT2D eigenvalue weighted by Crippen LogP contribution is 2.27. The average Bonchev–Trinajstić information content (AvgIpc) is 2.00. The Hall–Kier alpha value is 0.920. The first-order valence-corrected chi connectivity index (χ1v) is 5.89. The van der Waals surface area contributed by atoms with E-state index in [1.807, 2.05) is 6.92 Å². The summed E-state index contributed by atoms with van der Waals surface area (Å²) in [6, 6.07) is 0. The van der Waals surface area contributed by atoms with Crippen molar-refractivity contribution in [1.82, 2.24) is 0 Å². The lowest BCUT2D eigenvalue weighted by Gasteiger charge is -2.26. The Morgan fingerprint density at radius 1 is 1.55 bits per heavy atom. The van der Waals surface area contributed by atoms with Crippen LogP contribution in [0.2, 0.25) is 0 Å². The second-order valence-electron chi connectivity index (χ2n) is 3.07. The number of aliphatic hydroxyl groups excluding tert-OH is 1. The van der Waals surface area contributed by atoms with Crippen molar-refractivity contribution in [3.8, 4) is 0 Å². The lowest BCUT2D eigenvalue weighted by Crippen LogP contribution is -2.34. The molecule has 2 atom stereocenters. The molecule has 0 aromatic carbocycles. The van der Waals surface area contributed by atoms with Gasteiger partial charge in [0.25, 0.3) is 0 Å². The van der Waals surface area contributed by atoms with E-state index in [0.29, 0.717) is 0 Å². The SMILES string of the molecule is CCCCC(O)C(C)(Br)CBr. The highest BCUT2D eigenvalue weighted by atomic mass is 79.9. The predicted molar refractivity (Wildman–Crippen MR) is 56.7 cm³/mol. The van der Waals surface area contributed by atoms with Crippen molar-refractivity contribution in [1.29, 1.82) is 0 Å². The van der Waals surface area contributed by atoms with Gasteiger partial charge in [-0.15, -0.1) is 0 Å². The normalized spacial score (nSPS) is 19.4. The number of halogens is 2. The summed E-state index contributed by atoms with van der Waals surface area (Å²) in [5, 5.41) is 10.4. The van der Waals surface area contributed by atoms with Crippen LogP contribution in [0.1, 0.15) is 33.1 Å². The van der Waals surface area contributed by atoms with Crippen LogP contribution in [0.3, 0.4) is 0 Å². The molecule has 0 aromatic rings. The van der Waals surface area contributed by atoms with Crippen molar-refractivity contribution in [2.24, 2.45) is 0 Å². The van der Waals surface area contributed by atoms with Crippen molar-refractivity contribution in [3.63, 3.8) is 0 Å². The predicted octanol–water partition coefficient (Wildman–Crippen LogP) is 3.09. The fourth-order valence-electron chi connectivity index (χ4n) is 0.787. The first-order valence-electron chi connectivity index (χ1n) is 3.97. The maximum atomic E-state index is 9.63. The molecule has 1 nitrogen and oxygen atoms in total. The lowest BCUT2D eigenvalue weighted by atomic mass is 10.0. The van der Waals surface area contributed by atoms with Gasteiger partial charge in [0.1, 0.15) is 0 Å². The van der Waals surface area contributed by atoms with Crippen molar-refractivity contribution in [2.75, 3.05) is 5.33 Å². The maximum Gasteiger partial charge on any atom is 0.0698 e. The standard InChI is InChI=1S/C8H16Br2O/c1-3-4-5-7(11)8(2,10)6-9/h7,11H,3-6H2,1-2H3. The maximum absolute atomic E-state index is 9.63. The van der Waals surface area contributed by atoms with E-state index in [1.165, 1.54) is 0 Å². The van der Waals surface area contributed by atoms with Gasteiger partial charge in [-0.25, -0.2) is 0 Å². The van der Waals surface area contributed by atoms with Gasteiger partial charge in [0.2, 0.25) is 0 Å². The zero-order valence-corrected chi connectivity index (χ0v) is 10.3. The van der Waals surface area contributed by atoms with Gasteiger partial charge in [-0.05, 0) is 13.3 Å². The molecular formula is C8H16Br2O. The first-order chi connectivity index (χ1) is 5.04. The summed E-state index contributed by atoms with van der Waals surface area (Å²) in [7, 11) is 0. The second-order valence-corrected chi connectivity index (χ2v) is 5.44. The van der Waals surface area contributed by atoms with Gasteiger partial charge in [0, 0.05) is 5.33 Å². The lowest BCUT2D eigenvalue weighted by molar-refractivity contribution is 0.135. The number of alkyl halides is 2. The van der Waals surface area contributed by atoms with E-state index in [9.17, 15) is 5.11 Å². The highest BCUT2D eigenvalue weighted by molar-refractivity contribution is 9.12. The van der Waals surface area contributed by atoms with Crippen LogP contribution in [-0.4, -0.2) is 20.9 Å². The Balaban J connectivity index is 3.71. The minimum absolute atomic E-state index is 0.165. The zero-order chi connectivity index (χ0) is 8.91. The Bertz CT molecular complexity index is 104. The number of aliphatic hydroxyl groups is 1. The quantitative estimate of drug-likeness (QED) is 0.771. The molecule has 2 unspecified atom stereocenters. The van der Waals surface area contributed by atoms with Gasteiger partial charge in [-0.1, -0.05) is 51.6 Å². The molecule has 0 aromatic heterocycles. The molecule has 3 heteroatoms. The molecule has 0 aliphatic carbocycles. The molecule has 0 heterocycles. The van der Waals surface area contributed by atoms with Crippen LogP contribution in [0.15, 0.2) is 0 Å². The fourth-order valence-corrected chi connectivity index (χ4v) is 1.39. The van der Waals surface area contributed by atoms with E-state index in [2.05, 4.69) is 38.8 Å². The third-order valence-corrected chi connectivity index (χ3v) is 4.51. The van der Waals surface area contributed by atoms with Crippen molar-refractivity contribution < 1.29 is 5.11 Å². The molecular weight excluding hydrogens is 272 g/mol. The zero-order valence-electron chi connectivity index (χ0n) is 7.11. The molecule has 0 saturated heterocycles. The van der Waals surface area contributed by atoms with Crippen molar-refractivity contribution in [3.05, 3.63) is 0 Å². The Morgan fingerprint density at radius 2 is 2.09 bits per heavy atom. The van der Waals surface area contributed by atoms with Crippen LogP contribution in [-0.2, 0) is 0 Å². The van der Waals surface area contributed by atoms with Crippen LogP contribution < -0.4 is 0 Å². The molecule has 0 spiro atoms. The van der Waals surface area contributed by atoms with E-state index in [4.69, 9.17) is 0 Å². The van der Waals surface area contributed by atoms with E-state index in [1.54, 1.807) is 0 Å². The summed E-state index contributed by atoms with van der Waals surface area (Å²) < 4.78 is -0.165. The topological polar surface area (TPSA) is 20.2 Å². The summed E-state index contributed by atoms with van der Waals surface area (Å²) in [5.74, 6) is 0. The molecule has 68 valence electrons. The third kappa shape index (κ3) is 4.48. The minimum atomic E-state index is -0.248. The highest BCUT2D eigenvalue weighted by Gasteiger charge is 2.27.